The van der Waals surface area contributed by atoms with Crippen LogP contribution in [0.2, 0.25) is 0 Å². The van der Waals surface area contributed by atoms with Crippen molar-refractivity contribution in [1.82, 2.24) is 9.21 Å². The predicted molar refractivity (Wildman–Crippen MR) is 139 cm³/mol. The Labute approximate surface area is 209 Å². The van der Waals surface area contributed by atoms with E-state index in [4.69, 9.17) is 0 Å². The molecule has 0 atom stereocenters. The highest BCUT2D eigenvalue weighted by Crippen LogP contribution is 2.30. The molecule has 0 aromatic heterocycles. The van der Waals surface area contributed by atoms with Gasteiger partial charge in [-0.25, -0.2) is 8.42 Å². The van der Waals surface area contributed by atoms with Gasteiger partial charge >= 0.3 is 0 Å². The zero-order chi connectivity index (χ0) is 25.0. The molecular weight excluding hydrogens is 456 g/mol. The Hall–Kier alpha value is -2.96. The minimum absolute atomic E-state index is 0.0949. The summed E-state index contributed by atoms with van der Waals surface area (Å²) < 4.78 is 28.5. The maximum absolute atomic E-state index is 13.6. The van der Waals surface area contributed by atoms with Gasteiger partial charge in [0.2, 0.25) is 15.9 Å². The number of hydrogen-bond acceptors (Lipinski definition) is 3. The van der Waals surface area contributed by atoms with E-state index in [-0.39, 0.29) is 11.8 Å². The van der Waals surface area contributed by atoms with Gasteiger partial charge in [-0.15, -0.1) is 0 Å². The van der Waals surface area contributed by atoms with Crippen LogP contribution in [0.15, 0.2) is 77.7 Å². The minimum atomic E-state index is -3.60. The summed E-state index contributed by atoms with van der Waals surface area (Å²) in [6.45, 7) is 7.47. The molecule has 0 saturated carbocycles. The van der Waals surface area contributed by atoms with Gasteiger partial charge in [-0.1, -0.05) is 78.4 Å². The maximum Gasteiger partial charge on any atom is 0.243 e. The Balaban J connectivity index is 1.49. The number of hydrogen-bond donors (Lipinski definition) is 0. The second-order valence-corrected chi connectivity index (χ2v) is 11.4. The first-order valence-electron chi connectivity index (χ1n) is 12.2. The smallest absolute Gasteiger partial charge is 0.243 e. The molecule has 0 bridgehead atoms. The van der Waals surface area contributed by atoms with Gasteiger partial charge in [-0.05, 0) is 55.9 Å². The van der Waals surface area contributed by atoms with E-state index in [9.17, 15) is 13.2 Å². The Morgan fingerprint density at radius 3 is 1.74 bits per heavy atom. The Morgan fingerprint density at radius 1 is 0.829 bits per heavy atom. The number of benzene rings is 3. The highest BCUT2D eigenvalue weighted by molar-refractivity contribution is 7.89. The SMILES string of the molecule is Cc1cc(C)c(S(=O)(=O)N2CCC(C(=O)N(Cc3ccccc3)Cc3ccccc3)CC2)c(C)c1. The van der Waals surface area contributed by atoms with Gasteiger partial charge in [-0.2, -0.15) is 4.31 Å². The van der Waals surface area contributed by atoms with Crippen LogP contribution in [0.3, 0.4) is 0 Å². The third kappa shape index (κ3) is 5.82. The van der Waals surface area contributed by atoms with Crippen LogP contribution in [0, 0.1) is 26.7 Å². The van der Waals surface area contributed by atoms with Gasteiger partial charge in [0, 0.05) is 32.1 Å². The van der Waals surface area contributed by atoms with Crippen molar-refractivity contribution in [2.45, 2.75) is 51.6 Å². The number of amides is 1. The summed E-state index contributed by atoms with van der Waals surface area (Å²) in [5, 5.41) is 0. The highest BCUT2D eigenvalue weighted by atomic mass is 32.2. The molecule has 3 aromatic rings. The van der Waals surface area contributed by atoms with Gasteiger partial charge in [0.05, 0.1) is 4.90 Å². The first-order chi connectivity index (χ1) is 16.8. The van der Waals surface area contributed by atoms with Crippen LogP contribution in [0.4, 0.5) is 0 Å². The molecule has 6 heteroatoms. The maximum atomic E-state index is 13.6. The van der Waals surface area contributed by atoms with Gasteiger partial charge in [0.15, 0.2) is 0 Å². The summed E-state index contributed by atoms with van der Waals surface area (Å²) in [4.78, 5) is 16.0. The summed E-state index contributed by atoms with van der Waals surface area (Å²) in [7, 11) is -3.60. The molecule has 0 aliphatic carbocycles. The van der Waals surface area contributed by atoms with E-state index in [0.717, 1.165) is 27.8 Å². The summed E-state index contributed by atoms with van der Waals surface area (Å²) in [6.07, 6.45) is 1.06. The zero-order valence-corrected chi connectivity index (χ0v) is 21.6. The van der Waals surface area contributed by atoms with Crippen molar-refractivity contribution in [3.8, 4) is 0 Å². The molecule has 1 aliphatic rings. The van der Waals surface area contributed by atoms with Crippen LogP contribution in [0.25, 0.3) is 0 Å². The lowest BCUT2D eigenvalue weighted by atomic mass is 9.96. The second-order valence-electron chi connectivity index (χ2n) is 9.57. The quantitative estimate of drug-likeness (QED) is 0.455. The van der Waals surface area contributed by atoms with Crippen LogP contribution < -0.4 is 0 Å². The third-order valence-corrected chi connectivity index (χ3v) is 8.95. The van der Waals surface area contributed by atoms with Crippen LogP contribution in [-0.4, -0.2) is 36.6 Å². The molecule has 184 valence electrons. The lowest BCUT2D eigenvalue weighted by Gasteiger charge is -2.34. The molecule has 1 aliphatic heterocycles. The summed E-state index contributed by atoms with van der Waals surface area (Å²) in [6, 6.07) is 23.9. The molecule has 1 saturated heterocycles. The topological polar surface area (TPSA) is 57.7 Å². The van der Waals surface area contributed by atoms with Crippen molar-refractivity contribution in [3.63, 3.8) is 0 Å². The number of piperidine rings is 1. The molecule has 0 radical (unpaired) electrons. The standard InChI is InChI=1S/C29H34N2O3S/c1-22-18-23(2)28(24(3)19-22)35(33,34)31-16-14-27(15-17-31)29(32)30(20-25-10-6-4-7-11-25)21-26-12-8-5-9-13-26/h4-13,18-19,27H,14-17,20-21H2,1-3H3. The fraction of sp³-hybridized carbons (Fsp3) is 0.345. The lowest BCUT2D eigenvalue weighted by Crippen LogP contribution is -2.44. The fourth-order valence-corrected chi connectivity index (χ4v) is 7.00. The van der Waals surface area contributed by atoms with Crippen molar-refractivity contribution >= 4 is 15.9 Å². The van der Waals surface area contributed by atoms with Gasteiger partial charge in [0.1, 0.15) is 0 Å². The van der Waals surface area contributed by atoms with E-state index in [2.05, 4.69) is 0 Å². The molecular formula is C29H34N2O3S. The van der Waals surface area contributed by atoms with Crippen molar-refractivity contribution < 1.29 is 13.2 Å². The fourth-order valence-electron chi connectivity index (χ4n) is 5.12. The normalized spacial score (nSPS) is 15.2. The van der Waals surface area contributed by atoms with Crippen molar-refractivity contribution in [3.05, 3.63) is 101 Å². The summed E-state index contributed by atoms with van der Waals surface area (Å²) in [5.41, 5.74) is 4.78. The monoisotopic (exact) mass is 490 g/mol. The van der Waals surface area contributed by atoms with E-state index >= 15 is 0 Å². The Kier molecular flexibility index (Phi) is 7.72. The molecule has 0 N–H and O–H groups in total. The van der Waals surface area contributed by atoms with E-state index in [1.165, 1.54) is 0 Å². The van der Waals surface area contributed by atoms with E-state index in [0.29, 0.717) is 43.9 Å². The molecule has 3 aromatic carbocycles. The molecule has 1 amide bonds. The number of carbonyl (C=O) groups is 1. The Morgan fingerprint density at radius 2 is 1.29 bits per heavy atom. The van der Waals surface area contributed by atoms with E-state index in [1.807, 2.05) is 98.5 Å². The molecule has 35 heavy (non-hydrogen) atoms. The zero-order valence-electron chi connectivity index (χ0n) is 20.8. The van der Waals surface area contributed by atoms with E-state index < -0.39 is 10.0 Å². The Bertz CT molecular complexity index is 1200. The predicted octanol–water partition coefficient (Wildman–Crippen LogP) is 5.24. The van der Waals surface area contributed by atoms with Crippen LogP contribution in [0.5, 0.6) is 0 Å². The third-order valence-electron chi connectivity index (χ3n) is 6.75. The largest absolute Gasteiger partial charge is 0.334 e. The highest BCUT2D eigenvalue weighted by Gasteiger charge is 2.35. The van der Waals surface area contributed by atoms with Crippen LogP contribution in [-0.2, 0) is 27.9 Å². The molecule has 1 fully saturated rings. The summed E-state index contributed by atoms with van der Waals surface area (Å²) >= 11 is 0. The van der Waals surface area contributed by atoms with Crippen molar-refractivity contribution in [2.24, 2.45) is 5.92 Å². The van der Waals surface area contributed by atoms with E-state index in [1.54, 1.807) is 4.31 Å². The van der Waals surface area contributed by atoms with Crippen LogP contribution >= 0.6 is 0 Å². The number of carbonyl (C=O) groups excluding carboxylic acids is 1. The molecule has 5 nitrogen and oxygen atoms in total. The van der Waals surface area contributed by atoms with Gasteiger partial charge in [-0.3, -0.25) is 4.79 Å². The van der Waals surface area contributed by atoms with Crippen molar-refractivity contribution in [2.75, 3.05) is 13.1 Å². The van der Waals surface area contributed by atoms with Crippen molar-refractivity contribution in [1.29, 1.82) is 0 Å². The van der Waals surface area contributed by atoms with Gasteiger partial charge < -0.3 is 4.90 Å². The average molecular weight is 491 g/mol. The lowest BCUT2D eigenvalue weighted by molar-refractivity contribution is -0.138. The number of aryl methyl sites for hydroxylation is 3. The summed E-state index contributed by atoms with van der Waals surface area (Å²) in [5.74, 6) is -0.0912. The van der Waals surface area contributed by atoms with Gasteiger partial charge in [0.25, 0.3) is 0 Å². The molecule has 4 rings (SSSR count). The number of sulfonamides is 1. The van der Waals surface area contributed by atoms with Crippen LogP contribution in [0.1, 0.15) is 40.7 Å². The number of nitrogens with zero attached hydrogens (tertiary/aromatic N) is 2. The minimum Gasteiger partial charge on any atom is -0.334 e. The first kappa shape index (κ1) is 25.1. The first-order valence-corrected chi connectivity index (χ1v) is 13.6. The second kappa shape index (κ2) is 10.8. The average Bonchev–Trinajstić information content (AvgIpc) is 2.84. The molecule has 0 unspecified atom stereocenters. The number of rotatable bonds is 7. The molecule has 0 spiro atoms. The molecule has 1 heterocycles.